The molecule has 2 aliphatic rings. The molecule has 2 aromatic rings. The van der Waals surface area contributed by atoms with E-state index in [1.165, 1.54) is 0 Å². The Balaban J connectivity index is 1.61. The Morgan fingerprint density at radius 3 is 2.81 bits per heavy atom. The first kappa shape index (κ1) is 18.0. The molecule has 2 aromatic heterocycles. The number of nitrogens with one attached hydrogen (secondary N) is 1. The summed E-state index contributed by atoms with van der Waals surface area (Å²) in [7, 11) is 0. The normalized spacial score (nSPS) is 21.6. The van der Waals surface area contributed by atoms with Gasteiger partial charge in [-0.15, -0.1) is 0 Å². The Labute approximate surface area is 159 Å². The fourth-order valence-corrected chi connectivity index (χ4v) is 3.94. The SMILES string of the molecule is Cc1occc1C(=O)N[C@H]1CC(C)(C)Cc2nc(N3CCOCC3)ncc21. The van der Waals surface area contributed by atoms with Crippen LogP contribution in [0.15, 0.2) is 22.9 Å². The second kappa shape index (κ2) is 6.96. The van der Waals surface area contributed by atoms with Crippen LogP contribution in [-0.2, 0) is 11.2 Å². The van der Waals surface area contributed by atoms with Crippen molar-refractivity contribution in [3.05, 3.63) is 41.1 Å². The van der Waals surface area contributed by atoms with Gasteiger partial charge >= 0.3 is 0 Å². The van der Waals surface area contributed by atoms with Gasteiger partial charge in [-0.2, -0.15) is 0 Å². The third-order valence-electron chi connectivity index (χ3n) is 5.37. The van der Waals surface area contributed by atoms with Gasteiger partial charge in [-0.1, -0.05) is 13.8 Å². The van der Waals surface area contributed by atoms with Gasteiger partial charge in [0, 0.05) is 24.8 Å². The molecule has 0 saturated carbocycles. The number of nitrogens with zero attached hydrogens (tertiary/aromatic N) is 3. The van der Waals surface area contributed by atoms with Crippen LogP contribution in [0.3, 0.4) is 0 Å². The Kier molecular flexibility index (Phi) is 4.63. The number of aryl methyl sites for hydroxylation is 1. The van der Waals surface area contributed by atoms with Crippen molar-refractivity contribution >= 4 is 11.9 Å². The summed E-state index contributed by atoms with van der Waals surface area (Å²) in [6.45, 7) is 9.25. The molecule has 1 atom stereocenters. The summed E-state index contributed by atoms with van der Waals surface area (Å²) in [5, 5.41) is 3.16. The van der Waals surface area contributed by atoms with Crippen LogP contribution in [0.1, 0.15) is 53.7 Å². The van der Waals surface area contributed by atoms with Crippen LogP contribution in [0.25, 0.3) is 0 Å². The summed E-state index contributed by atoms with van der Waals surface area (Å²) in [5.41, 5.74) is 2.66. The van der Waals surface area contributed by atoms with E-state index in [1.807, 2.05) is 6.20 Å². The predicted octanol–water partition coefficient (Wildman–Crippen LogP) is 2.66. The topological polar surface area (TPSA) is 80.5 Å². The number of amides is 1. The minimum absolute atomic E-state index is 0.0486. The molecule has 0 bridgehead atoms. The largest absolute Gasteiger partial charge is 0.469 e. The smallest absolute Gasteiger partial charge is 0.255 e. The predicted molar refractivity (Wildman–Crippen MR) is 101 cm³/mol. The number of fused-ring (bicyclic) bond motifs is 1. The molecule has 1 N–H and O–H groups in total. The zero-order valence-electron chi connectivity index (χ0n) is 16.1. The average molecular weight is 370 g/mol. The highest BCUT2D eigenvalue weighted by Gasteiger charge is 2.35. The number of furan rings is 1. The molecule has 7 heteroatoms. The summed E-state index contributed by atoms with van der Waals surface area (Å²) in [6.07, 6.45) is 5.15. The molecule has 1 aliphatic heterocycles. The Morgan fingerprint density at radius 2 is 2.11 bits per heavy atom. The molecule has 4 rings (SSSR count). The van der Waals surface area contributed by atoms with Gasteiger partial charge in [0.1, 0.15) is 5.76 Å². The molecular formula is C20H26N4O3. The van der Waals surface area contributed by atoms with E-state index in [-0.39, 0.29) is 17.4 Å². The summed E-state index contributed by atoms with van der Waals surface area (Å²) in [5.74, 6) is 1.26. The highest BCUT2D eigenvalue weighted by molar-refractivity contribution is 5.95. The number of hydrogen-bond acceptors (Lipinski definition) is 6. The van der Waals surface area contributed by atoms with Crippen LogP contribution in [0.4, 0.5) is 5.95 Å². The third kappa shape index (κ3) is 3.69. The number of anilines is 1. The fourth-order valence-electron chi connectivity index (χ4n) is 3.94. The lowest BCUT2D eigenvalue weighted by Gasteiger charge is -2.37. The standard InChI is InChI=1S/C20H26N4O3/c1-13-14(4-7-27-13)18(25)22-16-10-20(2,3)11-17-15(16)12-21-19(23-17)24-5-8-26-9-6-24/h4,7,12,16H,5-6,8-11H2,1-3H3,(H,22,25)/t16-/m0/s1. The zero-order valence-corrected chi connectivity index (χ0v) is 16.1. The lowest BCUT2D eigenvalue weighted by molar-refractivity contribution is 0.0917. The van der Waals surface area contributed by atoms with Crippen molar-refractivity contribution in [1.82, 2.24) is 15.3 Å². The van der Waals surface area contributed by atoms with Gasteiger partial charge in [-0.25, -0.2) is 9.97 Å². The second-order valence-corrected chi connectivity index (χ2v) is 8.13. The lowest BCUT2D eigenvalue weighted by atomic mass is 9.74. The first-order chi connectivity index (χ1) is 12.9. The van der Waals surface area contributed by atoms with Crippen LogP contribution in [0, 0.1) is 12.3 Å². The number of aromatic nitrogens is 2. The first-order valence-corrected chi connectivity index (χ1v) is 9.46. The van der Waals surface area contributed by atoms with Crippen molar-refractivity contribution in [2.45, 2.75) is 39.7 Å². The highest BCUT2D eigenvalue weighted by Crippen LogP contribution is 2.40. The van der Waals surface area contributed by atoms with E-state index in [0.29, 0.717) is 24.5 Å². The van der Waals surface area contributed by atoms with Gasteiger partial charge in [-0.3, -0.25) is 4.79 Å². The van der Waals surface area contributed by atoms with Gasteiger partial charge in [0.25, 0.3) is 5.91 Å². The Hall–Kier alpha value is -2.41. The van der Waals surface area contributed by atoms with Crippen LogP contribution >= 0.6 is 0 Å². The van der Waals surface area contributed by atoms with Crippen molar-refractivity contribution in [1.29, 1.82) is 0 Å². The summed E-state index contributed by atoms with van der Waals surface area (Å²) in [4.78, 5) is 24.3. The minimum atomic E-state index is -0.118. The maximum Gasteiger partial charge on any atom is 0.255 e. The van der Waals surface area contributed by atoms with E-state index in [9.17, 15) is 4.79 Å². The number of hydrogen-bond donors (Lipinski definition) is 1. The summed E-state index contributed by atoms with van der Waals surface area (Å²) in [6, 6.07) is 1.60. The zero-order chi connectivity index (χ0) is 19.0. The number of carbonyl (C=O) groups excluding carboxylic acids is 1. The molecule has 144 valence electrons. The van der Waals surface area contributed by atoms with Crippen LogP contribution < -0.4 is 10.2 Å². The van der Waals surface area contributed by atoms with E-state index in [2.05, 4.69) is 29.0 Å². The van der Waals surface area contributed by atoms with E-state index in [0.717, 1.165) is 43.1 Å². The lowest BCUT2D eigenvalue weighted by Crippen LogP contribution is -2.39. The third-order valence-corrected chi connectivity index (χ3v) is 5.37. The molecule has 3 heterocycles. The number of ether oxygens (including phenoxy) is 1. The molecule has 0 aromatic carbocycles. The molecule has 27 heavy (non-hydrogen) atoms. The van der Waals surface area contributed by atoms with Gasteiger partial charge in [0.05, 0.1) is 36.8 Å². The van der Waals surface area contributed by atoms with E-state index in [1.54, 1.807) is 19.3 Å². The molecule has 1 aliphatic carbocycles. The van der Waals surface area contributed by atoms with Crippen LogP contribution in [0.2, 0.25) is 0 Å². The first-order valence-electron chi connectivity index (χ1n) is 9.46. The molecule has 1 amide bonds. The van der Waals surface area contributed by atoms with Crippen molar-refractivity contribution in [2.75, 3.05) is 31.2 Å². The van der Waals surface area contributed by atoms with E-state index >= 15 is 0 Å². The molecule has 1 fully saturated rings. The van der Waals surface area contributed by atoms with Crippen molar-refractivity contribution in [3.63, 3.8) is 0 Å². The molecule has 0 radical (unpaired) electrons. The maximum atomic E-state index is 12.7. The van der Waals surface area contributed by atoms with Crippen LogP contribution in [-0.4, -0.2) is 42.2 Å². The summed E-state index contributed by atoms with van der Waals surface area (Å²) >= 11 is 0. The fraction of sp³-hybridized carbons (Fsp3) is 0.550. The van der Waals surface area contributed by atoms with Crippen molar-refractivity contribution in [2.24, 2.45) is 5.41 Å². The minimum Gasteiger partial charge on any atom is -0.469 e. The second-order valence-electron chi connectivity index (χ2n) is 8.13. The van der Waals surface area contributed by atoms with Crippen molar-refractivity contribution < 1.29 is 13.9 Å². The number of carbonyl (C=O) groups is 1. The molecule has 0 unspecified atom stereocenters. The number of rotatable bonds is 3. The Morgan fingerprint density at radius 1 is 1.33 bits per heavy atom. The van der Waals surface area contributed by atoms with E-state index in [4.69, 9.17) is 14.1 Å². The van der Waals surface area contributed by atoms with Gasteiger partial charge in [-0.05, 0) is 31.2 Å². The monoisotopic (exact) mass is 370 g/mol. The van der Waals surface area contributed by atoms with Crippen LogP contribution in [0.5, 0.6) is 0 Å². The molecule has 1 saturated heterocycles. The van der Waals surface area contributed by atoms with Gasteiger partial charge in [0.15, 0.2) is 0 Å². The van der Waals surface area contributed by atoms with Gasteiger partial charge in [0.2, 0.25) is 5.95 Å². The van der Waals surface area contributed by atoms with E-state index < -0.39 is 0 Å². The summed E-state index contributed by atoms with van der Waals surface area (Å²) < 4.78 is 10.7. The average Bonchev–Trinajstić information content (AvgIpc) is 3.07. The molecule has 7 nitrogen and oxygen atoms in total. The molecular weight excluding hydrogens is 344 g/mol. The van der Waals surface area contributed by atoms with Crippen molar-refractivity contribution in [3.8, 4) is 0 Å². The molecule has 0 spiro atoms. The Bertz CT molecular complexity index is 840. The number of morpholine rings is 1. The van der Waals surface area contributed by atoms with Gasteiger partial charge < -0.3 is 19.4 Å². The maximum absolute atomic E-state index is 12.7. The quantitative estimate of drug-likeness (QED) is 0.895. The highest BCUT2D eigenvalue weighted by atomic mass is 16.5.